The summed E-state index contributed by atoms with van der Waals surface area (Å²) in [5.74, 6) is -0.400. The highest BCUT2D eigenvalue weighted by atomic mass is 19.1. The van der Waals surface area contributed by atoms with Gasteiger partial charge in [-0.25, -0.2) is 9.18 Å². The van der Waals surface area contributed by atoms with Crippen LogP contribution in [-0.2, 0) is 4.74 Å². The van der Waals surface area contributed by atoms with Crippen molar-refractivity contribution >= 4 is 11.8 Å². The van der Waals surface area contributed by atoms with Crippen molar-refractivity contribution in [3.8, 4) is 0 Å². The topological polar surface area (TPSA) is 64.3 Å². The number of hydrogen-bond donors (Lipinski definition) is 2. The van der Waals surface area contributed by atoms with Crippen molar-refractivity contribution < 1.29 is 13.9 Å². The van der Waals surface area contributed by atoms with Gasteiger partial charge in [0.2, 0.25) is 0 Å². The molecule has 5 heteroatoms. The normalized spacial score (nSPS) is 23.4. The summed E-state index contributed by atoms with van der Waals surface area (Å²) in [6, 6.07) is 5.78. The number of nitrogens with one attached hydrogen (secondary N) is 1. The molecule has 0 radical (unpaired) electrons. The minimum absolute atomic E-state index is 0.108. The number of amides is 1. The van der Waals surface area contributed by atoms with Crippen LogP contribution in [0.25, 0.3) is 0 Å². The average Bonchev–Trinajstić information content (AvgIpc) is 2.15. The zero-order chi connectivity index (χ0) is 11.5. The Morgan fingerprint density at radius 1 is 1.50 bits per heavy atom. The van der Waals surface area contributed by atoms with Crippen molar-refractivity contribution in [1.82, 2.24) is 0 Å². The molecule has 1 aromatic carbocycles. The molecule has 0 spiro atoms. The molecule has 0 aliphatic heterocycles. The van der Waals surface area contributed by atoms with Gasteiger partial charge in [-0.05, 0) is 31.0 Å². The van der Waals surface area contributed by atoms with Crippen LogP contribution in [0.4, 0.5) is 14.9 Å². The summed E-state index contributed by atoms with van der Waals surface area (Å²) in [6.45, 7) is 0. The van der Waals surface area contributed by atoms with Crippen LogP contribution in [0.15, 0.2) is 24.3 Å². The van der Waals surface area contributed by atoms with E-state index >= 15 is 0 Å². The van der Waals surface area contributed by atoms with Gasteiger partial charge in [-0.2, -0.15) is 0 Å². The van der Waals surface area contributed by atoms with E-state index in [1.807, 2.05) is 0 Å². The molecule has 1 saturated carbocycles. The van der Waals surface area contributed by atoms with Gasteiger partial charge >= 0.3 is 6.09 Å². The molecular formula is C11H13FN2O2. The number of anilines is 1. The van der Waals surface area contributed by atoms with Gasteiger partial charge in [-0.1, -0.05) is 6.07 Å². The summed E-state index contributed by atoms with van der Waals surface area (Å²) in [4.78, 5) is 11.3. The van der Waals surface area contributed by atoms with Gasteiger partial charge in [0.05, 0.1) is 0 Å². The Morgan fingerprint density at radius 3 is 2.88 bits per heavy atom. The first-order valence-electron chi connectivity index (χ1n) is 5.12. The van der Waals surface area contributed by atoms with Crippen LogP contribution < -0.4 is 11.1 Å². The van der Waals surface area contributed by atoms with Crippen LogP contribution in [0.2, 0.25) is 0 Å². The Balaban J connectivity index is 1.83. The molecule has 0 aromatic heterocycles. The maximum absolute atomic E-state index is 12.8. The monoisotopic (exact) mass is 224 g/mol. The first-order valence-corrected chi connectivity index (χ1v) is 5.12. The number of rotatable bonds is 2. The molecule has 0 heterocycles. The first kappa shape index (κ1) is 10.9. The van der Waals surface area contributed by atoms with E-state index in [1.165, 1.54) is 18.2 Å². The second-order valence-corrected chi connectivity index (χ2v) is 3.89. The largest absolute Gasteiger partial charge is 0.446 e. The van der Waals surface area contributed by atoms with Crippen molar-refractivity contribution in [2.75, 3.05) is 5.32 Å². The van der Waals surface area contributed by atoms with E-state index in [4.69, 9.17) is 10.5 Å². The summed E-state index contributed by atoms with van der Waals surface area (Å²) in [5.41, 5.74) is 5.94. The van der Waals surface area contributed by atoms with Gasteiger partial charge < -0.3 is 10.5 Å². The molecule has 0 bridgehead atoms. The number of carbonyl (C=O) groups excluding carboxylic acids is 1. The van der Waals surface area contributed by atoms with Crippen molar-refractivity contribution in [3.63, 3.8) is 0 Å². The van der Waals surface area contributed by atoms with Gasteiger partial charge in [0.25, 0.3) is 0 Å². The molecule has 3 N–H and O–H groups in total. The van der Waals surface area contributed by atoms with E-state index in [1.54, 1.807) is 6.07 Å². The number of carbonyl (C=O) groups is 1. The van der Waals surface area contributed by atoms with Crippen molar-refractivity contribution in [3.05, 3.63) is 30.1 Å². The molecule has 1 aliphatic carbocycles. The zero-order valence-corrected chi connectivity index (χ0v) is 8.65. The highest BCUT2D eigenvalue weighted by molar-refractivity contribution is 5.84. The summed E-state index contributed by atoms with van der Waals surface area (Å²) in [7, 11) is 0. The smallest absolute Gasteiger partial charge is 0.411 e. The lowest BCUT2D eigenvalue weighted by Crippen LogP contribution is -2.43. The summed E-state index contributed by atoms with van der Waals surface area (Å²) in [5, 5.41) is 2.45. The molecule has 4 nitrogen and oxygen atoms in total. The fourth-order valence-corrected chi connectivity index (χ4v) is 1.57. The van der Waals surface area contributed by atoms with Crippen LogP contribution in [0.3, 0.4) is 0 Å². The van der Waals surface area contributed by atoms with E-state index in [0.29, 0.717) is 18.5 Å². The average molecular weight is 224 g/mol. The predicted octanol–water partition coefficient (Wildman–Crippen LogP) is 1.86. The molecule has 0 atom stereocenters. The molecule has 86 valence electrons. The van der Waals surface area contributed by atoms with E-state index in [-0.39, 0.29) is 12.1 Å². The highest BCUT2D eigenvalue weighted by Gasteiger charge is 2.29. The van der Waals surface area contributed by atoms with Gasteiger partial charge in [-0.15, -0.1) is 0 Å². The molecule has 1 aliphatic rings. The Hall–Kier alpha value is -1.62. The van der Waals surface area contributed by atoms with Crippen molar-refractivity contribution in [1.29, 1.82) is 0 Å². The fraction of sp³-hybridized carbons (Fsp3) is 0.364. The third-order valence-electron chi connectivity index (χ3n) is 2.48. The standard InChI is InChI=1S/C11H13FN2O2/c12-7-2-1-3-9(4-7)14-11(15)16-10-5-8(13)6-10/h1-4,8,10H,5-6,13H2,(H,14,15). The number of ether oxygens (including phenoxy) is 1. The maximum Gasteiger partial charge on any atom is 0.411 e. The van der Waals surface area contributed by atoms with E-state index in [9.17, 15) is 9.18 Å². The number of halogens is 1. The van der Waals surface area contributed by atoms with Crippen LogP contribution >= 0.6 is 0 Å². The molecule has 0 saturated heterocycles. The summed E-state index contributed by atoms with van der Waals surface area (Å²) >= 11 is 0. The van der Waals surface area contributed by atoms with Crippen LogP contribution in [0.1, 0.15) is 12.8 Å². The minimum Gasteiger partial charge on any atom is -0.446 e. The second kappa shape index (κ2) is 4.49. The first-order chi connectivity index (χ1) is 7.63. The lowest BCUT2D eigenvalue weighted by Gasteiger charge is -2.31. The van der Waals surface area contributed by atoms with Gasteiger partial charge in [-0.3, -0.25) is 5.32 Å². The third kappa shape index (κ3) is 2.70. The van der Waals surface area contributed by atoms with E-state index in [2.05, 4.69) is 5.32 Å². The molecule has 16 heavy (non-hydrogen) atoms. The lowest BCUT2D eigenvalue weighted by atomic mass is 9.90. The number of hydrogen-bond acceptors (Lipinski definition) is 3. The SMILES string of the molecule is NC1CC(OC(=O)Nc2cccc(F)c2)C1. The predicted molar refractivity (Wildman–Crippen MR) is 57.5 cm³/mol. The van der Waals surface area contributed by atoms with E-state index in [0.717, 1.165) is 0 Å². The Kier molecular flexibility index (Phi) is 3.05. The van der Waals surface area contributed by atoms with E-state index < -0.39 is 11.9 Å². The Labute approximate surface area is 92.6 Å². The molecule has 0 unspecified atom stereocenters. The van der Waals surface area contributed by atoms with Gasteiger partial charge in [0.15, 0.2) is 0 Å². The summed E-state index contributed by atoms with van der Waals surface area (Å²) < 4.78 is 17.8. The fourth-order valence-electron chi connectivity index (χ4n) is 1.57. The quantitative estimate of drug-likeness (QED) is 0.805. The minimum atomic E-state index is -0.567. The molecule has 1 fully saturated rings. The zero-order valence-electron chi connectivity index (χ0n) is 8.65. The molecule has 1 aromatic rings. The van der Waals surface area contributed by atoms with Crippen molar-refractivity contribution in [2.45, 2.75) is 25.0 Å². The Morgan fingerprint density at radius 2 is 2.25 bits per heavy atom. The Bertz CT molecular complexity index is 391. The molecule has 2 rings (SSSR count). The number of benzene rings is 1. The van der Waals surface area contributed by atoms with Gasteiger partial charge in [0, 0.05) is 11.7 Å². The number of nitrogens with two attached hydrogens (primary N) is 1. The van der Waals surface area contributed by atoms with Crippen LogP contribution in [0.5, 0.6) is 0 Å². The van der Waals surface area contributed by atoms with Gasteiger partial charge in [0.1, 0.15) is 11.9 Å². The molecule has 1 amide bonds. The van der Waals surface area contributed by atoms with Crippen molar-refractivity contribution in [2.24, 2.45) is 5.73 Å². The molecular weight excluding hydrogens is 211 g/mol. The maximum atomic E-state index is 12.8. The van der Waals surface area contributed by atoms with Crippen LogP contribution in [0, 0.1) is 5.82 Å². The third-order valence-corrected chi connectivity index (χ3v) is 2.48. The van der Waals surface area contributed by atoms with Crippen LogP contribution in [-0.4, -0.2) is 18.2 Å². The lowest BCUT2D eigenvalue weighted by molar-refractivity contribution is 0.0503. The highest BCUT2D eigenvalue weighted by Crippen LogP contribution is 2.21. The summed E-state index contributed by atoms with van der Waals surface area (Å²) in [6.07, 6.45) is 0.707. The second-order valence-electron chi connectivity index (χ2n) is 3.89.